The van der Waals surface area contributed by atoms with Crippen molar-refractivity contribution in [1.29, 1.82) is 0 Å². The Hall–Kier alpha value is -2.60. The third-order valence-corrected chi connectivity index (χ3v) is 4.73. The van der Waals surface area contributed by atoms with E-state index in [1.807, 2.05) is 29.2 Å². The van der Waals surface area contributed by atoms with Crippen LogP contribution in [0.25, 0.3) is 0 Å². The van der Waals surface area contributed by atoms with E-state index in [4.69, 9.17) is 4.42 Å². The first-order chi connectivity index (χ1) is 12.7. The molecule has 0 bridgehead atoms. The summed E-state index contributed by atoms with van der Waals surface area (Å²) in [5.41, 5.74) is 1.99. The number of nitrogens with one attached hydrogen (secondary N) is 1. The molecular weight excluding hydrogens is 330 g/mol. The van der Waals surface area contributed by atoms with E-state index in [-0.39, 0.29) is 11.8 Å². The van der Waals surface area contributed by atoms with E-state index in [2.05, 4.69) is 17.1 Å². The zero-order chi connectivity index (χ0) is 18.4. The number of hydrogen-bond donors (Lipinski definition) is 1. The fraction of sp³-hybridized carbons (Fsp3) is 0.400. The van der Waals surface area contributed by atoms with Crippen molar-refractivity contribution >= 4 is 11.8 Å². The van der Waals surface area contributed by atoms with Crippen LogP contribution in [0.15, 0.2) is 47.1 Å². The first kappa shape index (κ1) is 18.2. The quantitative estimate of drug-likeness (QED) is 0.861. The van der Waals surface area contributed by atoms with E-state index in [1.54, 1.807) is 12.1 Å². The summed E-state index contributed by atoms with van der Waals surface area (Å²) in [6.07, 6.45) is 2.46. The second-order valence-corrected chi connectivity index (χ2v) is 6.42. The Morgan fingerprint density at radius 2 is 1.81 bits per heavy atom. The minimum absolute atomic E-state index is 0.0958. The highest BCUT2D eigenvalue weighted by Gasteiger charge is 2.22. The Balaban J connectivity index is 1.40. The fourth-order valence-electron chi connectivity index (χ4n) is 3.06. The normalized spacial score (nSPS) is 15.0. The van der Waals surface area contributed by atoms with Crippen molar-refractivity contribution in [1.82, 2.24) is 15.1 Å². The van der Waals surface area contributed by atoms with Crippen molar-refractivity contribution in [2.75, 3.05) is 39.3 Å². The van der Waals surface area contributed by atoms with Crippen LogP contribution in [-0.2, 0) is 6.42 Å². The van der Waals surface area contributed by atoms with E-state index in [0.29, 0.717) is 25.4 Å². The molecule has 1 saturated heterocycles. The molecule has 6 heteroatoms. The van der Waals surface area contributed by atoms with E-state index in [0.717, 1.165) is 31.6 Å². The lowest BCUT2D eigenvalue weighted by Crippen LogP contribution is -2.50. The number of aryl methyl sites for hydroxylation is 1. The monoisotopic (exact) mass is 355 g/mol. The lowest BCUT2D eigenvalue weighted by atomic mass is 10.1. The van der Waals surface area contributed by atoms with Gasteiger partial charge < -0.3 is 14.6 Å². The van der Waals surface area contributed by atoms with Gasteiger partial charge in [-0.05, 0) is 36.2 Å². The first-order valence-electron chi connectivity index (χ1n) is 9.09. The Bertz CT molecular complexity index is 717. The van der Waals surface area contributed by atoms with Crippen molar-refractivity contribution < 1.29 is 14.0 Å². The third kappa shape index (κ3) is 4.52. The highest BCUT2D eigenvalue weighted by Crippen LogP contribution is 2.11. The summed E-state index contributed by atoms with van der Waals surface area (Å²) in [6, 6.07) is 11.2. The summed E-state index contributed by atoms with van der Waals surface area (Å²) in [4.78, 5) is 28.6. The molecule has 3 rings (SSSR count). The van der Waals surface area contributed by atoms with Gasteiger partial charge in [0.1, 0.15) is 0 Å². The van der Waals surface area contributed by atoms with Gasteiger partial charge in [-0.15, -0.1) is 0 Å². The average Bonchev–Trinajstić information content (AvgIpc) is 3.23. The van der Waals surface area contributed by atoms with Gasteiger partial charge in [0.2, 0.25) is 0 Å². The van der Waals surface area contributed by atoms with Crippen LogP contribution in [0, 0.1) is 0 Å². The van der Waals surface area contributed by atoms with Gasteiger partial charge in [0.05, 0.1) is 6.26 Å². The van der Waals surface area contributed by atoms with Crippen molar-refractivity contribution in [3.8, 4) is 0 Å². The topological polar surface area (TPSA) is 65.8 Å². The van der Waals surface area contributed by atoms with Gasteiger partial charge in [-0.2, -0.15) is 0 Å². The Labute approximate surface area is 153 Å². The minimum atomic E-state index is -0.195. The number of carbonyl (C=O) groups is 2. The molecular formula is C20H25N3O3. The number of carbonyl (C=O) groups excluding carboxylic acids is 2. The number of hydrogen-bond acceptors (Lipinski definition) is 4. The molecule has 1 fully saturated rings. The molecule has 0 saturated carbocycles. The standard InChI is InChI=1S/C20H25N3O3/c1-2-16-5-7-17(8-6-16)20(25)23-13-11-22(12-14-23)10-9-21-19(24)18-4-3-15-26-18/h3-8,15H,2,9-14H2,1H3,(H,21,24). The molecule has 0 unspecified atom stereocenters. The largest absolute Gasteiger partial charge is 0.459 e. The average molecular weight is 355 g/mol. The highest BCUT2D eigenvalue weighted by molar-refractivity contribution is 5.94. The number of piperazine rings is 1. The van der Waals surface area contributed by atoms with E-state index >= 15 is 0 Å². The van der Waals surface area contributed by atoms with Crippen LogP contribution < -0.4 is 5.32 Å². The molecule has 6 nitrogen and oxygen atoms in total. The SMILES string of the molecule is CCc1ccc(C(=O)N2CCN(CCNC(=O)c3ccco3)CC2)cc1. The first-order valence-corrected chi connectivity index (χ1v) is 9.09. The van der Waals surface area contributed by atoms with E-state index < -0.39 is 0 Å². The van der Waals surface area contributed by atoms with E-state index in [1.165, 1.54) is 11.8 Å². The number of rotatable bonds is 6. The van der Waals surface area contributed by atoms with Gasteiger partial charge in [0, 0.05) is 44.8 Å². The molecule has 1 aliphatic rings. The molecule has 2 heterocycles. The van der Waals surface area contributed by atoms with Crippen molar-refractivity contribution in [3.63, 3.8) is 0 Å². The molecule has 0 radical (unpaired) electrons. The number of benzene rings is 1. The smallest absolute Gasteiger partial charge is 0.287 e. The molecule has 138 valence electrons. The van der Waals surface area contributed by atoms with Gasteiger partial charge in [-0.25, -0.2) is 0 Å². The molecule has 2 aromatic rings. The Kier molecular flexibility index (Phi) is 6.07. The second kappa shape index (κ2) is 8.67. The third-order valence-electron chi connectivity index (χ3n) is 4.73. The molecule has 1 N–H and O–H groups in total. The molecule has 1 aliphatic heterocycles. The lowest BCUT2D eigenvalue weighted by molar-refractivity contribution is 0.0637. The van der Waals surface area contributed by atoms with Gasteiger partial charge in [0.25, 0.3) is 11.8 Å². The van der Waals surface area contributed by atoms with Crippen LogP contribution in [0.3, 0.4) is 0 Å². The van der Waals surface area contributed by atoms with Crippen molar-refractivity contribution in [3.05, 3.63) is 59.5 Å². The summed E-state index contributed by atoms with van der Waals surface area (Å²) in [7, 11) is 0. The molecule has 1 aromatic carbocycles. The minimum Gasteiger partial charge on any atom is -0.459 e. The summed E-state index contributed by atoms with van der Waals surface area (Å²) < 4.78 is 5.06. The Morgan fingerprint density at radius 3 is 2.42 bits per heavy atom. The predicted octanol–water partition coefficient (Wildman–Crippen LogP) is 2.03. The molecule has 0 spiro atoms. The van der Waals surface area contributed by atoms with Crippen molar-refractivity contribution in [2.45, 2.75) is 13.3 Å². The zero-order valence-corrected chi connectivity index (χ0v) is 15.1. The summed E-state index contributed by atoms with van der Waals surface area (Å²) in [5.74, 6) is 0.229. The fourth-order valence-corrected chi connectivity index (χ4v) is 3.06. The summed E-state index contributed by atoms with van der Waals surface area (Å²) in [6.45, 7) is 6.48. The number of furan rings is 1. The second-order valence-electron chi connectivity index (χ2n) is 6.42. The Morgan fingerprint density at radius 1 is 1.08 bits per heavy atom. The van der Waals surface area contributed by atoms with Gasteiger partial charge in [0.15, 0.2) is 5.76 Å². The van der Waals surface area contributed by atoms with Crippen molar-refractivity contribution in [2.24, 2.45) is 0 Å². The van der Waals surface area contributed by atoms with Crippen LogP contribution in [0.1, 0.15) is 33.4 Å². The zero-order valence-electron chi connectivity index (χ0n) is 15.1. The van der Waals surface area contributed by atoms with Crippen LogP contribution >= 0.6 is 0 Å². The molecule has 26 heavy (non-hydrogen) atoms. The maximum Gasteiger partial charge on any atom is 0.287 e. The maximum absolute atomic E-state index is 12.6. The van der Waals surface area contributed by atoms with E-state index in [9.17, 15) is 9.59 Å². The number of nitrogens with zero attached hydrogens (tertiary/aromatic N) is 2. The summed E-state index contributed by atoms with van der Waals surface area (Å²) in [5, 5.41) is 2.85. The molecule has 0 atom stereocenters. The van der Waals surface area contributed by atoms with Gasteiger partial charge >= 0.3 is 0 Å². The lowest BCUT2D eigenvalue weighted by Gasteiger charge is -2.34. The van der Waals surface area contributed by atoms with Gasteiger partial charge in [-0.3, -0.25) is 14.5 Å². The van der Waals surface area contributed by atoms with Crippen LogP contribution in [0.5, 0.6) is 0 Å². The predicted molar refractivity (Wildman–Crippen MR) is 99.2 cm³/mol. The van der Waals surface area contributed by atoms with Gasteiger partial charge in [-0.1, -0.05) is 19.1 Å². The highest BCUT2D eigenvalue weighted by atomic mass is 16.3. The van der Waals surface area contributed by atoms with Crippen LogP contribution in [-0.4, -0.2) is 60.9 Å². The molecule has 1 aromatic heterocycles. The van der Waals surface area contributed by atoms with Crippen LogP contribution in [0.4, 0.5) is 0 Å². The van der Waals surface area contributed by atoms with Crippen LogP contribution in [0.2, 0.25) is 0 Å². The molecule has 2 amide bonds. The summed E-state index contributed by atoms with van der Waals surface area (Å²) >= 11 is 0. The molecule has 0 aliphatic carbocycles. The maximum atomic E-state index is 12.6. The number of amides is 2.